The number of hydrogen-bond donors (Lipinski definition) is 3. The first-order valence-corrected chi connectivity index (χ1v) is 21.2. The minimum Gasteiger partial charge on any atom is -0.494 e. The maximum atomic E-state index is 14.9. The van der Waals surface area contributed by atoms with E-state index in [-0.39, 0.29) is 49.6 Å². The van der Waals surface area contributed by atoms with Gasteiger partial charge in [0.1, 0.15) is 35.3 Å². The number of allylic oxidation sites excluding steroid dienone is 1. The lowest BCUT2D eigenvalue weighted by molar-refractivity contribution is -0.244. The van der Waals surface area contributed by atoms with Crippen LogP contribution in [0, 0.1) is 23.6 Å². The van der Waals surface area contributed by atoms with Crippen LogP contribution in [-0.2, 0) is 33.9 Å². The van der Waals surface area contributed by atoms with Gasteiger partial charge in [0.2, 0.25) is 33.3 Å². The van der Waals surface area contributed by atoms with Crippen LogP contribution in [0.5, 0.6) is 11.6 Å². The third-order valence-corrected chi connectivity index (χ3v) is 14.2. The number of benzene rings is 1. The number of hydrogen-bond acceptors (Lipinski definition) is 11. The number of nitrogens with zero attached hydrogens (tertiary/aromatic N) is 2. The lowest BCUT2D eigenvalue weighted by atomic mass is 9.87. The van der Waals surface area contributed by atoms with Crippen molar-refractivity contribution in [2.24, 2.45) is 17.8 Å². The Kier molecular flexibility index (Phi) is 12.4. The molecule has 0 spiro atoms. The third kappa shape index (κ3) is 9.13. The van der Waals surface area contributed by atoms with E-state index in [0.717, 1.165) is 4.90 Å². The third-order valence-electron chi connectivity index (χ3n) is 12.0. The summed E-state index contributed by atoms with van der Waals surface area (Å²) in [5.74, 6) is -4.64. The molecule has 20 heteroatoms. The Morgan fingerprint density at radius 2 is 1.82 bits per heavy atom. The number of ether oxygens (including phenoxy) is 4. The molecule has 2 aliphatic heterocycles. The average Bonchev–Trinajstić information content (AvgIpc) is 4.04. The molecule has 3 heterocycles. The van der Waals surface area contributed by atoms with E-state index in [0.29, 0.717) is 50.7 Å². The van der Waals surface area contributed by atoms with E-state index in [4.69, 9.17) is 18.9 Å². The molecule has 2 aliphatic carbocycles. The number of nitrogens with one attached hydrogen (secondary N) is 3. The Morgan fingerprint density at radius 1 is 1.10 bits per heavy atom. The van der Waals surface area contributed by atoms with Crippen molar-refractivity contribution in [3.63, 3.8) is 0 Å². The molecular weight excluding hydrogens is 819 g/mol. The van der Waals surface area contributed by atoms with Crippen molar-refractivity contribution in [3.8, 4) is 11.6 Å². The van der Waals surface area contributed by atoms with Crippen LogP contribution in [0.3, 0.4) is 0 Å². The normalized spacial score (nSPS) is 28.9. The molecule has 1 saturated heterocycles. The van der Waals surface area contributed by atoms with Crippen LogP contribution in [0.15, 0.2) is 36.5 Å². The van der Waals surface area contributed by atoms with Gasteiger partial charge in [0.05, 0.1) is 36.6 Å². The monoisotopic (exact) mass is 869 g/mol. The number of aromatic nitrogens is 1. The van der Waals surface area contributed by atoms with E-state index in [1.807, 2.05) is 13.0 Å². The smallest absolute Gasteiger partial charge is 0.427 e. The molecule has 2 saturated carbocycles. The zero-order valence-electron chi connectivity index (χ0n) is 34.2. The molecule has 60 heavy (non-hydrogen) atoms. The molecule has 6 rings (SSSR count). The maximum absolute atomic E-state index is 14.9. The molecule has 0 bridgehead atoms. The predicted octanol–water partition coefficient (Wildman–Crippen LogP) is 4.68. The Morgan fingerprint density at radius 3 is 2.47 bits per heavy atom. The number of sulfonamides is 1. The Labute approximate surface area is 345 Å². The van der Waals surface area contributed by atoms with Crippen molar-refractivity contribution < 1.29 is 64.1 Å². The summed E-state index contributed by atoms with van der Waals surface area (Å²) in [6, 6.07) is 0.833. The largest absolute Gasteiger partial charge is 0.494 e. The molecule has 3 fully saturated rings. The van der Waals surface area contributed by atoms with Crippen molar-refractivity contribution >= 4 is 44.6 Å². The highest BCUT2D eigenvalue weighted by Gasteiger charge is 2.63. The van der Waals surface area contributed by atoms with E-state index in [1.165, 1.54) is 45.5 Å². The van der Waals surface area contributed by atoms with E-state index in [2.05, 4.69) is 20.3 Å². The number of pyridine rings is 1. The topological polar surface area (TPSA) is 192 Å². The van der Waals surface area contributed by atoms with Crippen molar-refractivity contribution in [1.82, 2.24) is 25.2 Å². The van der Waals surface area contributed by atoms with Gasteiger partial charge in [-0.05, 0) is 83.4 Å². The Hall–Kier alpha value is -4.72. The van der Waals surface area contributed by atoms with Crippen molar-refractivity contribution in [2.75, 3.05) is 27.4 Å². The average molecular weight is 870 g/mol. The number of amides is 4. The second-order valence-corrected chi connectivity index (χ2v) is 19.2. The van der Waals surface area contributed by atoms with Gasteiger partial charge in [-0.15, -0.1) is 0 Å². The zero-order valence-corrected chi connectivity index (χ0v) is 35.0. The van der Waals surface area contributed by atoms with Crippen LogP contribution in [-0.4, -0.2) is 110 Å². The summed E-state index contributed by atoms with van der Waals surface area (Å²) >= 11 is 0. The van der Waals surface area contributed by atoms with Crippen LogP contribution in [0.2, 0.25) is 0 Å². The maximum Gasteiger partial charge on any atom is 0.427 e. The number of alkyl carbamates (subject to hydrolysis) is 1. The van der Waals surface area contributed by atoms with Crippen LogP contribution in [0.25, 0.3) is 10.8 Å². The van der Waals surface area contributed by atoms with Crippen LogP contribution < -0.4 is 24.8 Å². The summed E-state index contributed by atoms with van der Waals surface area (Å²) < 4.78 is 105. The highest BCUT2D eigenvalue weighted by molar-refractivity contribution is 7.91. The summed E-state index contributed by atoms with van der Waals surface area (Å²) in [4.78, 5) is 62.1. The second kappa shape index (κ2) is 16.6. The van der Waals surface area contributed by atoms with E-state index >= 15 is 0 Å². The van der Waals surface area contributed by atoms with Gasteiger partial charge in [0, 0.05) is 30.8 Å². The number of fused-ring (bicyclic) bond motifs is 3. The first kappa shape index (κ1) is 44.8. The molecule has 0 radical (unpaired) electrons. The van der Waals surface area contributed by atoms with Crippen molar-refractivity contribution in [1.29, 1.82) is 0 Å². The summed E-state index contributed by atoms with van der Waals surface area (Å²) in [6.07, 6.45) is -0.830. The standard InChI is InChI=1S/C40H51F4N5O10S/c1-22-9-7-8-10-24-18-39(24,35(52)48-60(54,55)38(4)13-14-38)47-32(50)29-17-26(58-33-28-16-25(41)11-12-27(28)30(57-6)19-45-33)20-49(29)34(51)31(23(15-22)21-56-5)46-36(53)59-37(2,3)40(42,43)44/h8,10-12,16,19,22-24,26,29,31H,7,9,13-15,17-18,20-21H2,1-6H3,(H,46,53)(H,47,50)(H,48,52)/b10-8-/t22-,23+,24-,26-,29+,31+,39-/m1/s1. The van der Waals surface area contributed by atoms with Gasteiger partial charge in [-0.25, -0.2) is 22.6 Å². The van der Waals surface area contributed by atoms with E-state index < -0.39 is 91.7 Å². The van der Waals surface area contributed by atoms with Gasteiger partial charge in [-0.3, -0.25) is 19.1 Å². The molecule has 7 atom stereocenters. The van der Waals surface area contributed by atoms with Gasteiger partial charge in [0.15, 0.2) is 0 Å². The molecule has 1 aromatic heterocycles. The fourth-order valence-corrected chi connectivity index (χ4v) is 9.13. The van der Waals surface area contributed by atoms with Gasteiger partial charge in [-0.2, -0.15) is 13.2 Å². The predicted molar refractivity (Wildman–Crippen MR) is 208 cm³/mol. The fraction of sp³-hybridized carbons (Fsp3) is 0.625. The zero-order chi connectivity index (χ0) is 44.0. The molecule has 3 N–H and O–H groups in total. The Balaban J connectivity index is 1.39. The number of rotatable bonds is 10. The molecule has 330 valence electrons. The number of methoxy groups -OCH3 is 2. The first-order valence-electron chi connectivity index (χ1n) is 19.7. The van der Waals surface area contributed by atoms with Crippen molar-refractivity contribution in [2.45, 2.75) is 113 Å². The van der Waals surface area contributed by atoms with Crippen LogP contribution in [0.1, 0.15) is 72.6 Å². The number of alkyl halides is 3. The lowest BCUT2D eigenvalue weighted by Crippen LogP contribution is -2.60. The molecule has 0 unspecified atom stereocenters. The van der Waals surface area contributed by atoms with Crippen LogP contribution >= 0.6 is 0 Å². The molecule has 4 aliphatic rings. The lowest BCUT2D eigenvalue weighted by Gasteiger charge is -2.35. The van der Waals surface area contributed by atoms with Gasteiger partial charge >= 0.3 is 12.3 Å². The van der Waals surface area contributed by atoms with Crippen molar-refractivity contribution in [3.05, 3.63) is 42.4 Å². The number of carbonyl (C=O) groups excluding carboxylic acids is 4. The Bertz CT molecular complexity index is 2150. The highest BCUT2D eigenvalue weighted by atomic mass is 32.2. The minimum atomic E-state index is -4.96. The summed E-state index contributed by atoms with van der Waals surface area (Å²) in [5.41, 5.74) is -4.65. The first-order chi connectivity index (χ1) is 28.0. The molecule has 1 aromatic carbocycles. The van der Waals surface area contributed by atoms with E-state index in [1.54, 1.807) is 6.08 Å². The molecule has 4 amide bonds. The second-order valence-electron chi connectivity index (χ2n) is 17.0. The molecular formula is C40H51F4N5O10S. The number of carbonyl (C=O) groups is 4. The van der Waals surface area contributed by atoms with Gasteiger partial charge < -0.3 is 34.5 Å². The SMILES string of the molecule is COC[C@@H]1C[C@H](C)CC/C=C\[C@@H]2C[C@@]2(C(=O)NS(=O)(=O)C2(C)CC2)NC(=O)[C@@H]2C[C@@H](Oc3ncc(OC)c4ccc(F)cc34)CN2C(=O)[C@H]1NC(=O)OC(C)(C)C(F)(F)F. The fourth-order valence-electron chi connectivity index (χ4n) is 7.82. The number of halogens is 4. The molecule has 15 nitrogen and oxygen atoms in total. The summed E-state index contributed by atoms with van der Waals surface area (Å²) in [5, 5.41) is 5.76. The highest BCUT2D eigenvalue weighted by Crippen LogP contribution is 2.48. The van der Waals surface area contributed by atoms with E-state index in [9.17, 15) is 45.2 Å². The van der Waals surface area contributed by atoms with Crippen LogP contribution in [0.4, 0.5) is 22.4 Å². The van der Waals surface area contributed by atoms with Gasteiger partial charge in [-0.1, -0.05) is 19.1 Å². The van der Waals surface area contributed by atoms with Gasteiger partial charge in [0.25, 0.3) is 5.91 Å². The molecule has 2 aromatic rings. The summed E-state index contributed by atoms with van der Waals surface area (Å²) in [6.45, 7) is 4.25. The quantitative estimate of drug-likeness (QED) is 0.222. The minimum absolute atomic E-state index is 0.0533. The summed E-state index contributed by atoms with van der Waals surface area (Å²) in [7, 11) is -1.35.